The first-order valence-electron chi connectivity index (χ1n) is 17.2. The number of carbonyl (C=O) groups is 2. The van der Waals surface area contributed by atoms with Crippen LogP contribution in [0.2, 0.25) is 0 Å². The van der Waals surface area contributed by atoms with Gasteiger partial charge < -0.3 is 30.0 Å². The third-order valence-corrected chi connectivity index (χ3v) is 9.84. The van der Waals surface area contributed by atoms with Crippen LogP contribution in [0.5, 0.6) is 0 Å². The monoisotopic (exact) mass is 754 g/mol. The number of carboxylic acid groups (broad SMARTS) is 2. The number of imidazole rings is 2. The molecule has 6 rings (SSSR count). The largest absolute Gasteiger partial charge is 0.478 e. The minimum Gasteiger partial charge on any atom is -0.478 e. The number of H-pyrrole nitrogens is 2. The molecule has 4 heterocycles. The second-order valence-corrected chi connectivity index (χ2v) is 14.6. The van der Waals surface area contributed by atoms with Crippen LogP contribution in [0.25, 0.3) is 0 Å². The SMILES string of the molecule is CCCN1c2cc(C(=O)O)c(N=Nc3ncc[nH]3)cc2C(C)CC1(C)C.Cc1nc(N=Nc2cc3c(cc2C(=O)O)N(C)CCC3(C)C)[nH]c1C.[Ni]. The van der Waals surface area contributed by atoms with Crippen molar-refractivity contribution in [1.29, 1.82) is 0 Å². The van der Waals surface area contributed by atoms with Gasteiger partial charge in [0.2, 0.25) is 11.9 Å². The minimum absolute atomic E-state index is 0. The molecule has 2 aliphatic rings. The van der Waals surface area contributed by atoms with Crippen molar-refractivity contribution in [2.24, 2.45) is 20.5 Å². The molecule has 0 spiro atoms. The Morgan fingerprint density at radius 2 is 1.56 bits per heavy atom. The summed E-state index contributed by atoms with van der Waals surface area (Å²) in [6.07, 6.45) is 6.22. The zero-order valence-electron chi connectivity index (χ0n) is 31.2. The quantitative estimate of drug-likeness (QED) is 0.101. The zero-order valence-corrected chi connectivity index (χ0v) is 32.2. The van der Waals surface area contributed by atoms with Gasteiger partial charge in [0.1, 0.15) is 11.4 Å². The summed E-state index contributed by atoms with van der Waals surface area (Å²) < 4.78 is 0. The average molecular weight is 756 g/mol. The van der Waals surface area contributed by atoms with Gasteiger partial charge in [0, 0.05) is 71.6 Å². The number of hydrogen-bond donors (Lipinski definition) is 4. The van der Waals surface area contributed by atoms with Crippen molar-refractivity contribution >= 4 is 46.6 Å². The zero-order chi connectivity index (χ0) is 37.2. The van der Waals surface area contributed by atoms with E-state index in [9.17, 15) is 19.8 Å². The fraction of sp³-hybridized carbons (Fsp3) is 0.459. The number of benzene rings is 2. The molecule has 14 nitrogen and oxygen atoms in total. The molecule has 4 N–H and O–H groups in total. The summed E-state index contributed by atoms with van der Waals surface area (Å²) in [4.78, 5) is 42.1. The molecular formula is C37H48N10NiO4. The van der Waals surface area contributed by atoms with Crippen molar-refractivity contribution in [1.82, 2.24) is 19.9 Å². The number of hydrogen-bond acceptors (Lipinski definition) is 10. The standard InChI is InChI=1S/C19H25N5O2.C18H23N5O2.Ni/c1-5-8-24-16-10-14(17(25)26)15(22-23-18-20-6-7-21-18)9-13(16)12(2)11-19(24,3)4;1-10-11(2)20-17(19-10)22-21-14-9-13-15(8-12(14)16(24)25)23(5)7-6-18(13,3)4;/h6-7,9-10,12H,5,8,11H2,1-4H3,(H,20,21)(H,25,26);8-9H,6-7H2,1-5H3,(H,19,20)(H,24,25);. The summed E-state index contributed by atoms with van der Waals surface area (Å²) in [6, 6.07) is 7.17. The molecule has 0 aliphatic carbocycles. The van der Waals surface area contributed by atoms with Crippen molar-refractivity contribution in [2.45, 2.75) is 91.5 Å². The van der Waals surface area contributed by atoms with E-state index in [4.69, 9.17) is 0 Å². The summed E-state index contributed by atoms with van der Waals surface area (Å²) in [5, 5.41) is 35.7. The van der Waals surface area contributed by atoms with Crippen LogP contribution in [-0.4, -0.2) is 67.8 Å². The summed E-state index contributed by atoms with van der Waals surface area (Å²) >= 11 is 0. The van der Waals surface area contributed by atoms with Crippen molar-refractivity contribution < 1.29 is 36.3 Å². The Kier molecular flexibility index (Phi) is 12.1. The van der Waals surface area contributed by atoms with E-state index in [2.05, 4.69) is 91.7 Å². The third kappa shape index (κ3) is 8.41. The summed E-state index contributed by atoms with van der Waals surface area (Å²) in [6.45, 7) is 18.6. The molecule has 1 atom stereocenters. The Morgan fingerprint density at radius 1 is 0.942 bits per heavy atom. The van der Waals surface area contributed by atoms with Gasteiger partial charge in [0.25, 0.3) is 0 Å². The van der Waals surface area contributed by atoms with E-state index < -0.39 is 11.9 Å². The van der Waals surface area contributed by atoms with E-state index in [1.807, 2.05) is 33.0 Å². The Hall–Kier alpha value is -4.91. The second-order valence-electron chi connectivity index (χ2n) is 14.6. The third-order valence-electron chi connectivity index (χ3n) is 9.84. The number of aromatic nitrogens is 4. The number of nitrogens with zero attached hydrogens (tertiary/aromatic N) is 8. The van der Waals surface area contributed by atoms with Crippen molar-refractivity contribution in [3.63, 3.8) is 0 Å². The molecule has 2 aromatic carbocycles. The van der Waals surface area contributed by atoms with Gasteiger partial charge in [-0.25, -0.2) is 19.6 Å². The van der Waals surface area contributed by atoms with Gasteiger partial charge in [-0.1, -0.05) is 27.7 Å². The maximum Gasteiger partial charge on any atom is 0.338 e. The maximum atomic E-state index is 11.8. The fourth-order valence-electron chi connectivity index (χ4n) is 6.90. The molecule has 0 saturated carbocycles. The molecular weight excluding hydrogens is 707 g/mol. The van der Waals surface area contributed by atoms with Crippen LogP contribution in [-0.2, 0) is 21.9 Å². The number of azo groups is 2. The van der Waals surface area contributed by atoms with Crippen LogP contribution >= 0.6 is 0 Å². The van der Waals surface area contributed by atoms with E-state index in [-0.39, 0.29) is 38.6 Å². The molecule has 0 radical (unpaired) electrons. The molecule has 4 aromatic rings. The molecule has 0 saturated heterocycles. The summed E-state index contributed by atoms with van der Waals surface area (Å²) in [5.41, 5.74) is 6.86. The molecule has 0 bridgehead atoms. The molecule has 280 valence electrons. The van der Waals surface area contributed by atoms with E-state index in [1.54, 1.807) is 24.5 Å². The Bertz CT molecular complexity index is 1960. The van der Waals surface area contributed by atoms with Crippen molar-refractivity contribution in [3.05, 3.63) is 70.3 Å². The van der Waals surface area contributed by atoms with Gasteiger partial charge in [-0.15, -0.1) is 20.5 Å². The van der Waals surface area contributed by atoms with Crippen LogP contribution in [0.4, 0.5) is 34.6 Å². The maximum absolute atomic E-state index is 11.8. The van der Waals surface area contributed by atoms with Gasteiger partial charge >= 0.3 is 11.9 Å². The number of anilines is 2. The summed E-state index contributed by atoms with van der Waals surface area (Å²) in [5.74, 6) is -0.983. The van der Waals surface area contributed by atoms with Gasteiger partial charge in [0.05, 0.1) is 16.8 Å². The van der Waals surface area contributed by atoms with E-state index in [0.717, 1.165) is 66.2 Å². The van der Waals surface area contributed by atoms with Gasteiger partial charge in [-0.05, 0) is 93.7 Å². The first kappa shape index (κ1) is 39.9. The smallest absolute Gasteiger partial charge is 0.338 e. The molecule has 2 aromatic heterocycles. The van der Waals surface area contributed by atoms with Crippen LogP contribution < -0.4 is 9.80 Å². The van der Waals surface area contributed by atoms with Crippen LogP contribution in [0.3, 0.4) is 0 Å². The number of nitrogens with one attached hydrogen (secondary N) is 2. The number of aryl methyl sites for hydroxylation is 2. The van der Waals surface area contributed by atoms with E-state index in [0.29, 0.717) is 29.2 Å². The van der Waals surface area contributed by atoms with Gasteiger partial charge in [0.15, 0.2) is 0 Å². The molecule has 0 fully saturated rings. The Morgan fingerprint density at radius 3 is 2.12 bits per heavy atom. The number of aromatic carboxylic acids is 2. The van der Waals surface area contributed by atoms with E-state index in [1.165, 1.54) is 0 Å². The van der Waals surface area contributed by atoms with Crippen molar-refractivity contribution in [2.75, 3.05) is 29.9 Å². The number of fused-ring (bicyclic) bond motifs is 2. The second kappa shape index (κ2) is 15.8. The predicted octanol–water partition coefficient (Wildman–Crippen LogP) is 9.28. The number of rotatable bonds is 8. The Balaban J connectivity index is 0.000000228. The van der Waals surface area contributed by atoms with Crippen LogP contribution in [0.1, 0.15) is 110 Å². The summed E-state index contributed by atoms with van der Waals surface area (Å²) in [7, 11) is 1.98. The normalized spacial score (nSPS) is 17.3. The topological polar surface area (TPSA) is 188 Å². The van der Waals surface area contributed by atoms with Gasteiger partial charge in [-0.3, -0.25) is 0 Å². The van der Waals surface area contributed by atoms with E-state index >= 15 is 0 Å². The predicted molar refractivity (Wildman–Crippen MR) is 197 cm³/mol. The van der Waals surface area contributed by atoms with Crippen LogP contribution in [0, 0.1) is 13.8 Å². The average Bonchev–Trinajstić information content (AvgIpc) is 3.71. The first-order valence-corrected chi connectivity index (χ1v) is 17.2. The number of aromatic amines is 2. The fourth-order valence-corrected chi connectivity index (χ4v) is 6.90. The Labute approximate surface area is 314 Å². The molecule has 1 unspecified atom stereocenters. The van der Waals surface area contributed by atoms with Crippen LogP contribution in [0.15, 0.2) is 57.1 Å². The minimum atomic E-state index is -1.01. The molecule has 2 aliphatic heterocycles. The molecule has 15 heteroatoms. The number of carboxylic acids is 2. The molecule has 0 amide bonds. The van der Waals surface area contributed by atoms with Crippen molar-refractivity contribution in [3.8, 4) is 0 Å². The van der Waals surface area contributed by atoms with Gasteiger partial charge in [-0.2, -0.15) is 0 Å². The first-order chi connectivity index (χ1) is 24.0. The molecule has 52 heavy (non-hydrogen) atoms.